The second kappa shape index (κ2) is 5.75. The van der Waals surface area contributed by atoms with E-state index in [1.54, 1.807) is 0 Å². The number of alkyl halides is 3. The van der Waals surface area contributed by atoms with Crippen molar-refractivity contribution in [2.24, 2.45) is 0 Å². The lowest BCUT2D eigenvalue weighted by Gasteiger charge is -2.01. The third-order valence-corrected chi connectivity index (χ3v) is 2.18. The van der Waals surface area contributed by atoms with Crippen LogP contribution in [0.15, 0.2) is 6.07 Å². The van der Waals surface area contributed by atoms with Crippen LogP contribution in [0.2, 0.25) is 0 Å². The molecule has 0 amide bonds. The number of hydrogen-bond donors (Lipinski definition) is 1. The number of aromatic nitrogens is 2. The second-order valence-corrected chi connectivity index (χ2v) is 3.27. The van der Waals surface area contributed by atoms with Crippen molar-refractivity contribution in [2.75, 3.05) is 6.54 Å². The van der Waals surface area contributed by atoms with Crippen molar-refractivity contribution in [1.82, 2.24) is 15.1 Å². The van der Waals surface area contributed by atoms with Gasteiger partial charge in [0.2, 0.25) is 0 Å². The number of halogens is 5. The van der Waals surface area contributed by atoms with E-state index < -0.39 is 11.9 Å². The molecular weight excluding hydrogens is 266 g/mol. The maximum absolute atomic E-state index is 12.3. The number of fused-ring (bicyclic) bond motifs is 1. The van der Waals surface area contributed by atoms with Crippen molar-refractivity contribution < 1.29 is 13.2 Å². The summed E-state index contributed by atoms with van der Waals surface area (Å²) in [5, 5.41) is 6.57. The van der Waals surface area contributed by atoms with Gasteiger partial charge in [0.05, 0.1) is 5.69 Å². The molecule has 0 aliphatic carbocycles. The Bertz CT molecular complexity index is 314. The minimum atomic E-state index is -4.33. The van der Waals surface area contributed by atoms with Crippen LogP contribution in [0.25, 0.3) is 0 Å². The molecule has 2 heterocycles. The Morgan fingerprint density at radius 1 is 1.31 bits per heavy atom. The lowest BCUT2D eigenvalue weighted by Crippen LogP contribution is -2.12. The van der Waals surface area contributed by atoms with Crippen LogP contribution in [-0.2, 0) is 19.3 Å². The van der Waals surface area contributed by atoms with Crippen molar-refractivity contribution >= 4 is 24.8 Å². The van der Waals surface area contributed by atoms with E-state index in [0.717, 1.165) is 19.0 Å². The van der Waals surface area contributed by atoms with Gasteiger partial charge in [-0.15, -0.1) is 24.8 Å². The summed E-state index contributed by atoms with van der Waals surface area (Å²) in [4.78, 5) is 0. The van der Waals surface area contributed by atoms with Crippen molar-refractivity contribution in [3.63, 3.8) is 0 Å². The third kappa shape index (κ3) is 3.26. The standard InChI is InChI=1S/C8H10F3N3.2ClH/c9-8(10,11)7-4-6-5-12-2-1-3-14(6)13-7;;/h4,12H,1-3,5H2;2*1H. The van der Waals surface area contributed by atoms with Crippen LogP contribution >= 0.6 is 24.8 Å². The molecule has 2 rings (SSSR count). The first-order valence-electron chi connectivity index (χ1n) is 4.42. The van der Waals surface area contributed by atoms with Crippen molar-refractivity contribution in [1.29, 1.82) is 0 Å². The van der Waals surface area contributed by atoms with Crippen molar-refractivity contribution in [3.8, 4) is 0 Å². The van der Waals surface area contributed by atoms with E-state index in [-0.39, 0.29) is 24.8 Å². The van der Waals surface area contributed by atoms with Crippen LogP contribution in [-0.4, -0.2) is 16.3 Å². The Morgan fingerprint density at radius 3 is 2.62 bits per heavy atom. The minimum absolute atomic E-state index is 0. The number of aryl methyl sites for hydroxylation is 1. The molecule has 1 aliphatic rings. The molecule has 0 saturated heterocycles. The summed E-state index contributed by atoms with van der Waals surface area (Å²) in [5.41, 5.74) is -0.189. The molecule has 0 spiro atoms. The van der Waals surface area contributed by atoms with Gasteiger partial charge >= 0.3 is 6.18 Å². The zero-order chi connectivity index (χ0) is 10.2. The molecule has 0 radical (unpaired) electrons. The van der Waals surface area contributed by atoms with Gasteiger partial charge in [-0.3, -0.25) is 4.68 Å². The first-order valence-corrected chi connectivity index (χ1v) is 4.42. The Kier molecular flexibility index (Phi) is 5.58. The highest BCUT2D eigenvalue weighted by Gasteiger charge is 2.34. The summed E-state index contributed by atoms with van der Waals surface area (Å²) in [6.45, 7) is 1.84. The summed E-state index contributed by atoms with van der Waals surface area (Å²) in [7, 11) is 0. The van der Waals surface area contributed by atoms with Crippen LogP contribution in [0.1, 0.15) is 17.8 Å². The molecule has 3 nitrogen and oxygen atoms in total. The lowest BCUT2D eigenvalue weighted by molar-refractivity contribution is -0.141. The smallest absolute Gasteiger partial charge is 0.311 e. The maximum atomic E-state index is 12.3. The normalized spacial score (nSPS) is 15.4. The largest absolute Gasteiger partial charge is 0.435 e. The predicted molar refractivity (Wildman–Crippen MR) is 58.0 cm³/mol. The monoisotopic (exact) mass is 277 g/mol. The Balaban J connectivity index is 0.00000112. The predicted octanol–water partition coefficient (Wildman–Crippen LogP) is 2.24. The third-order valence-electron chi connectivity index (χ3n) is 2.18. The molecule has 1 aliphatic heterocycles. The van der Waals surface area contributed by atoms with Gasteiger partial charge in [-0.25, -0.2) is 0 Å². The van der Waals surface area contributed by atoms with E-state index in [4.69, 9.17) is 0 Å². The number of rotatable bonds is 0. The second-order valence-electron chi connectivity index (χ2n) is 3.27. The molecule has 1 N–H and O–H groups in total. The summed E-state index contributed by atoms with van der Waals surface area (Å²) in [6.07, 6.45) is -3.52. The highest BCUT2D eigenvalue weighted by Crippen LogP contribution is 2.28. The topological polar surface area (TPSA) is 29.9 Å². The van der Waals surface area contributed by atoms with Gasteiger partial charge < -0.3 is 5.32 Å². The van der Waals surface area contributed by atoms with E-state index in [9.17, 15) is 13.2 Å². The SMILES string of the molecule is Cl.Cl.FC(F)(F)c1cc2n(n1)CCCNC2. The Hall–Kier alpha value is -0.460. The van der Waals surface area contributed by atoms with Crippen LogP contribution < -0.4 is 5.32 Å². The van der Waals surface area contributed by atoms with Crippen LogP contribution in [0, 0.1) is 0 Å². The van der Waals surface area contributed by atoms with Crippen LogP contribution in [0.3, 0.4) is 0 Å². The summed E-state index contributed by atoms with van der Waals surface area (Å²) in [5.74, 6) is 0. The lowest BCUT2D eigenvalue weighted by atomic mass is 10.3. The van der Waals surface area contributed by atoms with E-state index in [1.807, 2.05) is 0 Å². The van der Waals surface area contributed by atoms with Gasteiger partial charge in [-0.2, -0.15) is 18.3 Å². The highest BCUT2D eigenvalue weighted by atomic mass is 35.5. The zero-order valence-electron chi connectivity index (χ0n) is 8.25. The fourth-order valence-electron chi connectivity index (χ4n) is 1.50. The molecule has 0 unspecified atom stereocenters. The number of hydrogen-bond acceptors (Lipinski definition) is 2. The van der Waals surface area contributed by atoms with E-state index in [1.165, 1.54) is 4.68 Å². The van der Waals surface area contributed by atoms with E-state index >= 15 is 0 Å². The van der Waals surface area contributed by atoms with Gasteiger partial charge in [-0.05, 0) is 19.0 Å². The molecule has 1 aromatic rings. The Morgan fingerprint density at radius 2 is 2.00 bits per heavy atom. The van der Waals surface area contributed by atoms with Gasteiger partial charge in [0.15, 0.2) is 5.69 Å². The molecule has 8 heteroatoms. The van der Waals surface area contributed by atoms with E-state index in [2.05, 4.69) is 10.4 Å². The molecule has 0 saturated carbocycles. The molecule has 16 heavy (non-hydrogen) atoms. The fourth-order valence-corrected chi connectivity index (χ4v) is 1.50. The maximum Gasteiger partial charge on any atom is 0.435 e. The zero-order valence-corrected chi connectivity index (χ0v) is 9.88. The molecule has 1 aromatic heterocycles. The van der Waals surface area contributed by atoms with Gasteiger partial charge in [0.25, 0.3) is 0 Å². The van der Waals surface area contributed by atoms with Crippen molar-refractivity contribution in [2.45, 2.75) is 25.7 Å². The van der Waals surface area contributed by atoms with E-state index in [0.29, 0.717) is 18.8 Å². The quantitative estimate of drug-likeness (QED) is 0.788. The fraction of sp³-hybridized carbons (Fsp3) is 0.625. The number of nitrogens with one attached hydrogen (secondary N) is 1. The molecule has 0 atom stereocenters. The van der Waals surface area contributed by atoms with Gasteiger partial charge in [0.1, 0.15) is 0 Å². The highest BCUT2D eigenvalue weighted by molar-refractivity contribution is 5.85. The van der Waals surface area contributed by atoms with Gasteiger partial charge in [0, 0.05) is 13.1 Å². The van der Waals surface area contributed by atoms with Crippen LogP contribution in [0.4, 0.5) is 13.2 Å². The average Bonchev–Trinajstić information content (AvgIpc) is 2.38. The summed E-state index contributed by atoms with van der Waals surface area (Å²) >= 11 is 0. The number of nitrogens with zero attached hydrogens (tertiary/aromatic N) is 2. The molecule has 0 aromatic carbocycles. The molecule has 94 valence electrons. The first-order chi connectivity index (χ1) is 6.57. The first kappa shape index (κ1) is 15.5. The molecule has 0 fully saturated rings. The summed E-state index contributed by atoms with van der Waals surface area (Å²) < 4.78 is 38.3. The molecular formula is C8H12Cl2F3N3. The Labute approximate surface area is 103 Å². The summed E-state index contributed by atoms with van der Waals surface area (Å²) in [6, 6.07) is 1.11. The van der Waals surface area contributed by atoms with Crippen LogP contribution in [0.5, 0.6) is 0 Å². The minimum Gasteiger partial charge on any atom is -0.311 e. The van der Waals surface area contributed by atoms with Gasteiger partial charge in [-0.1, -0.05) is 0 Å². The molecule has 0 bridgehead atoms. The van der Waals surface area contributed by atoms with Crippen molar-refractivity contribution in [3.05, 3.63) is 17.5 Å². The average molecular weight is 278 g/mol.